The number of phosphoric ester groups is 1. The highest BCUT2D eigenvalue weighted by atomic mass is 31.2. The molecule has 1 N–H and O–H groups in total. The van der Waals surface area contributed by atoms with E-state index in [-0.39, 0.29) is 26.1 Å². The number of phosphoric acid groups is 1. The molecule has 0 aromatic heterocycles. The van der Waals surface area contributed by atoms with E-state index in [2.05, 4.69) is 105 Å². The molecule has 52 heavy (non-hydrogen) atoms. The van der Waals surface area contributed by atoms with Gasteiger partial charge in [0.2, 0.25) is 0 Å². The van der Waals surface area contributed by atoms with E-state index in [1.165, 1.54) is 0 Å². The van der Waals surface area contributed by atoms with E-state index in [0.717, 1.165) is 83.5 Å². The molecule has 2 atom stereocenters. The molecule has 0 aliphatic rings. The number of ether oxygens (including phenoxy) is 2. The molecule has 8 nitrogen and oxygen atoms in total. The van der Waals surface area contributed by atoms with Crippen molar-refractivity contribution < 1.29 is 37.6 Å². The fourth-order valence-electron chi connectivity index (χ4n) is 4.62. The van der Waals surface area contributed by atoms with Crippen molar-refractivity contribution in [3.05, 3.63) is 97.2 Å². The van der Waals surface area contributed by atoms with Crippen LogP contribution in [0.2, 0.25) is 0 Å². The molecule has 2 unspecified atom stereocenters. The molecule has 0 rings (SSSR count). The number of hydrogen-bond donors (Lipinski definition) is 1. The van der Waals surface area contributed by atoms with Crippen LogP contribution in [-0.2, 0) is 32.7 Å². The van der Waals surface area contributed by atoms with Gasteiger partial charge >= 0.3 is 19.8 Å². The minimum atomic E-state index is -4.30. The Morgan fingerprint density at radius 2 is 0.942 bits per heavy atom. The maximum atomic E-state index is 12.5. The zero-order valence-electron chi connectivity index (χ0n) is 32.4. The Bertz CT molecular complexity index is 1160. The molecule has 0 bridgehead atoms. The van der Waals surface area contributed by atoms with Crippen molar-refractivity contribution in [1.82, 2.24) is 0 Å². The van der Waals surface area contributed by atoms with Crippen LogP contribution < -0.4 is 0 Å². The Kier molecular flexibility index (Phi) is 35.5. The molecular weight excluding hydrogens is 675 g/mol. The van der Waals surface area contributed by atoms with Crippen molar-refractivity contribution in [3.63, 3.8) is 0 Å². The Morgan fingerprint density at radius 1 is 0.519 bits per heavy atom. The maximum absolute atomic E-state index is 12.5. The van der Waals surface area contributed by atoms with Crippen LogP contribution in [0.5, 0.6) is 0 Å². The molecule has 0 aliphatic carbocycles. The summed E-state index contributed by atoms with van der Waals surface area (Å²) in [4.78, 5) is 34.6. The average molecular weight is 745 g/mol. The van der Waals surface area contributed by atoms with E-state index in [0.29, 0.717) is 19.3 Å². The molecule has 0 fully saturated rings. The van der Waals surface area contributed by atoms with Crippen LogP contribution in [0, 0.1) is 0 Å². The second-order valence-electron chi connectivity index (χ2n) is 12.2. The Hall–Kier alpha value is -3.03. The lowest BCUT2D eigenvalue weighted by Gasteiger charge is -2.19. The van der Waals surface area contributed by atoms with Crippen molar-refractivity contribution in [2.24, 2.45) is 0 Å². The summed E-state index contributed by atoms with van der Waals surface area (Å²) in [5.41, 5.74) is 0. The quantitative estimate of drug-likeness (QED) is 0.0300. The van der Waals surface area contributed by atoms with Gasteiger partial charge in [-0.25, -0.2) is 4.57 Å². The molecule has 9 heteroatoms. The van der Waals surface area contributed by atoms with Crippen LogP contribution >= 0.6 is 7.82 Å². The van der Waals surface area contributed by atoms with Crippen LogP contribution in [0.1, 0.15) is 136 Å². The smallest absolute Gasteiger partial charge is 0.462 e. The van der Waals surface area contributed by atoms with Gasteiger partial charge in [-0.1, -0.05) is 130 Å². The predicted octanol–water partition coefficient (Wildman–Crippen LogP) is 12.1. The zero-order chi connectivity index (χ0) is 38.2. The van der Waals surface area contributed by atoms with Gasteiger partial charge < -0.3 is 14.4 Å². The molecule has 0 aromatic carbocycles. The maximum Gasteiger partial charge on any atom is 0.472 e. The molecule has 294 valence electrons. The standard InChI is InChI=1S/C43H69O8P/c1-4-7-9-11-13-15-17-19-21-22-24-26-28-30-32-34-36-38-43(45)51-41(40-50-52(46,47)49-6-3)39-48-42(44)37-35-33-31-29-27-25-23-20-18-16-14-12-10-8-5-2/h7-10,13-16,19-21,23-24,26,30,32,41H,4-6,11-12,17-18,22,25,27-29,31,33-40H2,1-3H3,(H,46,47)/b9-7-,10-8-,15-13-,16-14-,21-19-,23-20-,26-24-,32-30-. The molecule has 0 radical (unpaired) electrons. The third-order valence-electron chi connectivity index (χ3n) is 7.39. The summed E-state index contributed by atoms with van der Waals surface area (Å²) >= 11 is 0. The van der Waals surface area contributed by atoms with Crippen LogP contribution in [-0.4, -0.2) is 42.8 Å². The average Bonchev–Trinajstić information content (AvgIpc) is 3.12. The Balaban J connectivity index is 4.30. The van der Waals surface area contributed by atoms with Gasteiger partial charge in [-0.2, -0.15) is 0 Å². The van der Waals surface area contributed by atoms with Crippen LogP contribution in [0.4, 0.5) is 0 Å². The van der Waals surface area contributed by atoms with Gasteiger partial charge in [-0.05, 0) is 90.4 Å². The summed E-state index contributed by atoms with van der Waals surface area (Å²) in [6.07, 6.45) is 49.0. The Labute approximate surface area is 316 Å². The van der Waals surface area contributed by atoms with Gasteiger partial charge in [0.05, 0.1) is 13.2 Å². The summed E-state index contributed by atoms with van der Waals surface area (Å²) < 4.78 is 32.5. The fraction of sp³-hybridized carbons (Fsp3) is 0.581. The largest absolute Gasteiger partial charge is 0.472 e. The van der Waals surface area contributed by atoms with E-state index in [1.807, 2.05) is 6.08 Å². The highest BCUT2D eigenvalue weighted by molar-refractivity contribution is 7.47. The van der Waals surface area contributed by atoms with Gasteiger partial charge in [-0.3, -0.25) is 18.6 Å². The number of hydrogen-bond acceptors (Lipinski definition) is 7. The summed E-state index contributed by atoms with van der Waals surface area (Å²) in [7, 11) is -4.30. The minimum absolute atomic E-state index is 0.0191. The minimum Gasteiger partial charge on any atom is -0.462 e. The van der Waals surface area contributed by atoms with Crippen molar-refractivity contribution in [1.29, 1.82) is 0 Å². The third-order valence-corrected chi connectivity index (χ3v) is 8.45. The number of carbonyl (C=O) groups is 2. The third kappa shape index (κ3) is 36.8. The summed E-state index contributed by atoms with van der Waals surface area (Å²) in [5.74, 6) is -0.898. The van der Waals surface area contributed by atoms with Gasteiger partial charge in [0.1, 0.15) is 6.61 Å². The second kappa shape index (κ2) is 37.7. The normalized spacial score (nSPS) is 14.5. The first-order chi connectivity index (χ1) is 25.3. The van der Waals surface area contributed by atoms with Crippen LogP contribution in [0.25, 0.3) is 0 Å². The van der Waals surface area contributed by atoms with Crippen LogP contribution in [0.15, 0.2) is 97.2 Å². The summed E-state index contributed by atoms with van der Waals surface area (Å²) in [6.45, 7) is 5.12. The van der Waals surface area contributed by atoms with Gasteiger partial charge in [0.15, 0.2) is 6.10 Å². The highest BCUT2D eigenvalue weighted by Gasteiger charge is 2.25. The van der Waals surface area contributed by atoms with Gasteiger partial charge in [0.25, 0.3) is 0 Å². The molecule has 0 aromatic rings. The lowest BCUT2D eigenvalue weighted by atomic mass is 10.1. The summed E-state index contributed by atoms with van der Waals surface area (Å²) in [6, 6.07) is 0. The van der Waals surface area contributed by atoms with Crippen LogP contribution in [0.3, 0.4) is 0 Å². The SMILES string of the molecule is CC/C=C\C/C=C\C/C=C\C/C=C\C/C=C\CCCC(=O)OC(COC(=O)CCCCCCC/C=C\C/C=C\C/C=C\CC)COP(=O)(O)OCC. The number of unbranched alkanes of at least 4 members (excludes halogenated alkanes) is 6. The lowest BCUT2D eigenvalue weighted by Crippen LogP contribution is -2.29. The summed E-state index contributed by atoms with van der Waals surface area (Å²) in [5, 5.41) is 0. The van der Waals surface area contributed by atoms with Crippen molar-refractivity contribution in [2.75, 3.05) is 19.8 Å². The second-order valence-corrected chi connectivity index (χ2v) is 13.6. The first-order valence-electron chi connectivity index (χ1n) is 19.5. The Morgan fingerprint density at radius 3 is 1.44 bits per heavy atom. The molecule has 0 heterocycles. The monoisotopic (exact) mass is 744 g/mol. The topological polar surface area (TPSA) is 108 Å². The van der Waals surface area contributed by atoms with Gasteiger partial charge in [0, 0.05) is 12.8 Å². The lowest BCUT2D eigenvalue weighted by molar-refractivity contribution is -0.161. The molecule has 0 amide bonds. The molecule has 0 spiro atoms. The fourth-order valence-corrected chi connectivity index (χ4v) is 5.37. The molecular formula is C43H69O8P. The first kappa shape index (κ1) is 49.0. The van der Waals surface area contributed by atoms with E-state index < -0.39 is 32.5 Å². The predicted molar refractivity (Wildman–Crippen MR) is 216 cm³/mol. The van der Waals surface area contributed by atoms with E-state index in [4.69, 9.17) is 18.5 Å². The number of esters is 2. The van der Waals surface area contributed by atoms with Gasteiger partial charge in [-0.15, -0.1) is 0 Å². The van der Waals surface area contributed by atoms with E-state index in [9.17, 15) is 19.0 Å². The molecule has 0 saturated carbocycles. The first-order valence-corrected chi connectivity index (χ1v) is 21.0. The van der Waals surface area contributed by atoms with Crippen molar-refractivity contribution in [2.45, 2.75) is 142 Å². The van der Waals surface area contributed by atoms with E-state index in [1.54, 1.807) is 6.92 Å². The number of rotatable bonds is 34. The molecule has 0 saturated heterocycles. The van der Waals surface area contributed by atoms with Crippen molar-refractivity contribution in [3.8, 4) is 0 Å². The van der Waals surface area contributed by atoms with Crippen molar-refractivity contribution >= 4 is 19.8 Å². The number of allylic oxidation sites excluding steroid dienone is 16. The van der Waals surface area contributed by atoms with E-state index >= 15 is 0 Å². The zero-order valence-corrected chi connectivity index (χ0v) is 33.3. The highest BCUT2D eigenvalue weighted by Crippen LogP contribution is 2.43. The molecule has 0 aliphatic heterocycles. The number of carbonyl (C=O) groups excluding carboxylic acids is 2.